The van der Waals surface area contributed by atoms with Crippen molar-refractivity contribution in [1.82, 2.24) is 0 Å². The van der Waals surface area contributed by atoms with Crippen molar-refractivity contribution in [1.29, 1.82) is 0 Å². The monoisotopic (exact) mass is 846 g/mol. The largest absolute Gasteiger partial charge is 0.310 e. The highest BCUT2D eigenvalue weighted by Gasteiger charge is 2.27. The molecule has 0 bridgehead atoms. The Bertz CT molecular complexity index is 3650. The van der Waals surface area contributed by atoms with Gasteiger partial charge >= 0.3 is 0 Å². The molecule has 11 aromatic carbocycles. The van der Waals surface area contributed by atoms with E-state index in [-0.39, 0.29) is 0 Å². The summed E-state index contributed by atoms with van der Waals surface area (Å²) in [5, 5.41) is 9.90. The van der Waals surface area contributed by atoms with Gasteiger partial charge in [-0.1, -0.05) is 180 Å². The van der Waals surface area contributed by atoms with Gasteiger partial charge in [0.1, 0.15) is 0 Å². The molecule has 0 N–H and O–H groups in total. The summed E-state index contributed by atoms with van der Waals surface area (Å²) in [4.78, 5) is 5.06. The maximum atomic E-state index is 2.55. The molecule has 0 amide bonds. The summed E-state index contributed by atoms with van der Waals surface area (Å²) in [6.07, 6.45) is 6.64. The van der Waals surface area contributed by atoms with Crippen molar-refractivity contribution in [2.24, 2.45) is 0 Å². The second kappa shape index (κ2) is 15.9. The number of anilines is 6. The van der Waals surface area contributed by atoms with Crippen LogP contribution >= 0.6 is 0 Å². The van der Waals surface area contributed by atoms with Crippen LogP contribution in [0.4, 0.5) is 34.1 Å². The third kappa shape index (κ3) is 6.63. The van der Waals surface area contributed by atoms with E-state index in [0.717, 1.165) is 35.6 Å². The van der Waals surface area contributed by atoms with E-state index < -0.39 is 0 Å². The molecule has 1 aliphatic carbocycles. The molecule has 66 heavy (non-hydrogen) atoms. The van der Waals surface area contributed by atoms with Crippen LogP contribution < -0.4 is 9.80 Å². The zero-order valence-corrected chi connectivity index (χ0v) is 37.9. The average molecular weight is 847 g/mol. The molecule has 11 aromatic rings. The fourth-order valence-corrected chi connectivity index (χ4v) is 10.5. The quantitative estimate of drug-likeness (QED) is 0.141. The minimum absolute atomic E-state index is 0.993. The van der Waals surface area contributed by atoms with Crippen LogP contribution in [-0.2, 0) is 6.42 Å². The molecule has 0 spiro atoms. The molecule has 0 heterocycles. The van der Waals surface area contributed by atoms with Gasteiger partial charge in [0.2, 0.25) is 0 Å². The lowest BCUT2D eigenvalue weighted by Crippen LogP contribution is -2.15. The van der Waals surface area contributed by atoms with Crippen LogP contribution in [0.3, 0.4) is 0 Å². The van der Waals surface area contributed by atoms with Gasteiger partial charge < -0.3 is 9.80 Å². The Balaban J connectivity index is 1.25. The molecule has 0 radical (unpaired) electrons. The van der Waals surface area contributed by atoms with Gasteiger partial charge in [-0.3, -0.25) is 0 Å². The predicted molar refractivity (Wildman–Crippen MR) is 284 cm³/mol. The molecule has 0 fully saturated rings. The lowest BCUT2D eigenvalue weighted by Gasteiger charge is -2.32. The molecule has 316 valence electrons. The smallest absolute Gasteiger partial charge is 0.0547 e. The Morgan fingerprint density at radius 1 is 0.364 bits per heavy atom. The van der Waals surface area contributed by atoms with E-state index in [4.69, 9.17) is 0 Å². The second-order valence-electron chi connectivity index (χ2n) is 18.3. The van der Waals surface area contributed by atoms with E-state index in [1.54, 1.807) is 0 Å². The highest BCUT2D eigenvalue weighted by Crippen LogP contribution is 2.53. The minimum atomic E-state index is 0.993. The zero-order valence-electron chi connectivity index (χ0n) is 37.9. The van der Waals surface area contributed by atoms with Crippen molar-refractivity contribution in [3.05, 3.63) is 234 Å². The standard InChI is InChI=1S/C64H50N2/c1-41-19-27-47(28-20-41)57-39-61(65(49-31-23-43(3)24-32-49)59-17-9-13-45-11-5-7-15-51(45)59)55-38-36-54-58(48-29-21-42(2)22-30-48)40-62(56-37-35-53(57)63(55)64(54)56)66(50-33-25-44(4)26-34-50)60-18-10-14-46-12-6-8-16-52(46)60/h5-7,9-15,17-40H,8,16H2,1-4H3. The Morgan fingerprint density at radius 3 is 1.38 bits per heavy atom. The molecule has 0 saturated heterocycles. The summed E-state index contributed by atoms with van der Waals surface area (Å²) in [5.74, 6) is 0. The Morgan fingerprint density at radius 2 is 0.818 bits per heavy atom. The van der Waals surface area contributed by atoms with Crippen molar-refractivity contribution >= 4 is 83.3 Å². The first-order valence-corrected chi connectivity index (χ1v) is 23.3. The van der Waals surface area contributed by atoms with E-state index >= 15 is 0 Å². The van der Waals surface area contributed by atoms with Gasteiger partial charge in [-0.2, -0.15) is 0 Å². The molecule has 12 rings (SSSR count). The van der Waals surface area contributed by atoms with Crippen LogP contribution in [-0.4, -0.2) is 0 Å². The Kier molecular flexibility index (Phi) is 9.57. The maximum Gasteiger partial charge on any atom is 0.0547 e. The van der Waals surface area contributed by atoms with Gasteiger partial charge in [-0.15, -0.1) is 0 Å². The van der Waals surface area contributed by atoms with Crippen LogP contribution in [0.1, 0.15) is 39.8 Å². The summed E-state index contributed by atoms with van der Waals surface area (Å²) in [6, 6.07) is 73.2. The molecule has 2 heteroatoms. The number of fused-ring (bicyclic) bond motifs is 2. The first-order chi connectivity index (χ1) is 32.4. The summed E-state index contributed by atoms with van der Waals surface area (Å²) >= 11 is 0. The molecule has 0 aliphatic heterocycles. The van der Waals surface area contributed by atoms with Crippen LogP contribution in [0.5, 0.6) is 0 Å². The Labute approximate surface area is 387 Å². The predicted octanol–water partition coefficient (Wildman–Crippen LogP) is 18.2. The summed E-state index contributed by atoms with van der Waals surface area (Å²) < 4.78 is 0. The van der Waals surface area contributed by atoms with Crippen LogP contribution in [0.25, 0.3) is 71.4 Å². The molecular weight excluding hydrogens is 797 g/mol. The van der Waals surface area contributed by atoms with E-state index in [0.29, 0.717) is 0 Å². The maximum absolute atomic E-state index is 2.55. The summed E-state index contributed by atoms with van der Waals surface area (Å²) in [5.41, 5.74) is 19.5. The number of rotatable bonds is 8. The van der Waals surface area contributed by atoms with E-state index in [1.165, 1.54) is 110 Å². The number of allylic oxidation sites excluding steroid dienone is 1. The van der Waals surface area contributed by atoms with Crippen molar-refractivity contribution in [3.8, 4) is 22.3 Å². The molecule has 0 saturated carbocycles. The van der Waals surface area contributed by atoms with E-state index in [1.807, 2.05) is 0 Å². The SMILES string of the molecule is Cc1ccc(-c2cc(N(c3ccc(C)cc3)c3cccc4c3CCC=C4)c3ccc4c(-c5ccc(C)cc5)cc(N(c5ccc(C)cc5)c5cccc6ccccc56)c5ccc2c3c45)cc1. The molecule has 2 nitrogen and oxygen atoms in total. The third-order valence-electron chi connectivity index (χ3n) is 13.9. The van der Waals surface area contributed by atoms with Crippen molar-refractivity contribution < 1.29 is 0 Å². The molecular formula is C64H50N2. The van der Waals surface area contributed by atoms with Gasteiger partial charge in [0.25, 0.3) is 0 Å². The molecule has 0 unspecified atom stereocenters. The zero-order chi connectivity index (χ0) is 44.5. The number of nitrogens with zero attached hydrogens (tertiary/aromatic N) is 2. The fraction of sp³-hybridized carbons (Fsp3) is 0.0938. The number of benzene rings is 11. The number of aryl methyl sites for hydroxylation is 4. The van der Waals surface area contributed by atoms with Crippen LogP contribution in [0, 0.1) is 27.7 Å². The van der Waals surface area contributed by atoms with Crippen molar-refractivity contribution in [3.63, 3.8) is 0 Å². The highest BCUT2D eigenvalue weighted by atomic mass is 15.2. The minimum Gasteiger partial charge on any atom is -0.310 e. The number of hydrogen-bond acceptors (Lipinski definition) is 2. The van der Waals surface area contributed by atoms with E-state index in [9.17, 15) is 0 Å². The van der Waals surface area contributed by atoms with Crippen LogP contribution in [0.15, 0.2) is 200 Å². The third-order valence-corrected chi connectivity index (χ3v) is 13.9. The van der Waals surface area contributed by atoms with Gasteiger partial charge in [-0.25, -0.2) is 0 Å². The van der Waals surface area contributed by atoms with Gasteiger partial charge in [0.05, 0.1) is 17.1 Å². The lowest BCUT2D eigenvalue weighted by atomic mass is 9.84. The topological polar surface area (TPSA) is 6.48 Å². The Hall–Kier alpha value is -7.94. The normalized spacial score (nSPS) is 12.4. The van der Waals surface area contributed by atoms with E-state index in [2.05, 4.69) is 244 Å². The number of hydrogen-bond donors (Lipinski definition) is 0. The first kappa shape index (κ1) is 39.6. The molecule has 0 atom stereocenters. The molecule has 0 aromatic heterocycles. The average Bonchev–Trinajstić information content (AvgIpc) is 3.35. The van der Waals surface area contributed by atoms with Gasteiger partial charge in [0, 0.05) is 44.0 Å². The summed E-state index contributed by atoms with van der Waals surface area (Å²) in [6.45, 7) is 8.70. The van der Waals surface area contributed by atoms with Gasteiger partial charge in [0.15, 0.2) is 0 Å². The second-order valence-corrected chi connectivity index (χ2v) is 18.3. The first-order valence-electron chi connectivity index (χ1n) is 23.3. The van der Waals surface area contributed by atoms with Crippen molar-refractivity contribution in [2.75, 3.05) is 9.80 Å². The molecule has 1 aliphatic rings. The fourth-order valence-electron chi connectivity index (χ4n) is 10.5. The summed E-state index contributed by atoms with van der Waals surface area (Å²) in [7, 11) is 0. The lowest BCUT2D eigenvalue weighted by molar-refractivity contribution is 0.980. The van der Waals surface area contributed by atoms with Gasteiger partial charge in [-0.05, 0) is 139 Å². The van der Waals surface area contributed by atoms with Crippen molar-refractivity contribution in [2.45, 2.75) is 40.5 Å². The van der Waals surface area contributed by atoms with Crippen LogP contribution in [0.2, 0.25) is 0 Å². The highest BCUT2D eigenvalue weighted by molar-refractivity contribution is 6.32.